The average Bonchev–Trinajstić information content (AvgIpc) is 2.10. The third-order valence-corrected chi connectivity index (χ3v) is 2.29. The Hall–Kier alpha value is 0.270. The van der Waals surface area contributed by atoms with Crippen molar-refractivity contribution in [1.29, 1.82) is 0 Å². The van der Waals surface area contributed by atoms with E-state index in [-0.39, 0.29) is 5.56 Å². The van der Waals surface area contributed by atoms with Crippen LogP contribution in [0, 0.1) is 0 Å². The van der Waals surface area contributed by atoms with Gasteiger partial charge in [-0.2, -0.15) is 0 Å². The smallest absolute Gasteiger partial charge is 0.156 e. The van der Waals surface area contributed by atoms with Gasteiger partial charge in [0.05, 0.1) is 0 Å². The van der Waals surface area contributed by atoms with Crippen molar-refractivity contribution in [2.45, 2.75) is 39.2 Å². The van der Waals surface area contributed by atoms with E-state index >= 15 is 0 Å². The van der Waals surface area contributed by atoms with E-state index in [0.717, 1.165) is 31.7 Å². The lowest BCUT2D eigenvalue weighted by Gasteiger charge is -2.17. The zero-order valence-corrected chi connectivity index (χ0v) is 9.25. The fourth-order valence-corrected chi connectivity index (χ4v) is 1.54. The van der Waals surface area contributed by atoms with Gasteiger partial charge in [0.25, 0.3) is 0 Å². The highest BCUT2D eigenvalue weighted by molar-refractivity contribution is 7.99. The third-order valence-electron chi connectivity index (χ3n) is 1.35. The zero-order valence-electron chi connectivity index (χ0n) is 8.43. The second-order valence-corrected chi connectivity index (χ2v) is 3.95. The van der Waals surface area contributed by atoms with Crippen LogP contribution in [0.4, 0.5) is 0 Å². The molecule has 1 unspecified atom stereocenters. The Morgan fingerprint density at radius 2 is 2.00 bits per heavy atom. The van der Waals surface area contributed by atoms with E-state index < -0.39 is 0 Å². The maximum atomic E-state index is 5.59. The summed E-state index contributed by atoms with van der Waals surface area (Å²) in [5.41, 5.74) is 0.204. The lowest BCUT2D eigenvalue weighted by Crippen LogP contribution is -2.29. The quantitative estimate of drug-likeness (QED) is 0.595. The monoisotopic (exact) mass is 191 g/mol. The Morgan fingerprint density at radius 1 is 1.25 bits per heavy atom. The fraction of sp³-hybridized carbons (Fsp3) is 1.00. The molecular formula is C9H21NOS. The maximum absolute atomic E-state index is 5.59. The molecule has 0 fully saturated rings. The van der Waals surface area contributed by atoms with Crippen molar-refractivity contribution in [1.82, 2.24) is 5.32 Å². The summed E-state index contributed by atoms with van der Waals surface area (Å²) in [6.45, 7) is 8.35. The van der Waals surface area contributed by atoms with Crippen molar-refractivity contribution in [3.8, 4) is 0 Å². The molecule has 0 saturated heterocycles. The predicted molar refractivity (Wildman–Crippen MR) is 56.5 cm³/mol. The Kier molecular flexibility index (Phi) is 9.57. The van der Waals surface area contributed by atoms with Crippen molar-refractivity contribution in [3.05, 3.63) is 0 Å². The largest absolute Gasteiger partial charge is 0.354 e. The van der Waals surface area contributed by atoms with Crippen LogP contribution in [-0.4, -0.2) is 24.5 Å². The summed E-state index contributed by atoms with van der Waals surface area (Å²) in [5, 5.41) is 3.35. The number of nitrogens with one attached hydrogen (secondary N) is 1. The summed E-state index contributed by atoms with van der Waals surface area (Å²) in [6, 6.07) is 0. The van der Waals surface area contributed by atoms with E-state index in [2.05, 4.69) is 26.1 Å². The van der Waals surface area contributed by atoms with Crippen LogP contribution < -0.4 is 5.32 Å². The molecule has 0 rings (SSSR count). The van der Waals surface area contributed by atoms with Crippen LogP contribution >= 0.6 is 11.8 Å². The topological polar surface area (TPSA) is 21.3 Å². The Labute approximate surface area is 80.4 Å². The molecule has 0 aliphatic heterocycles. The minimum absolute atomic E-state index is 0.204. The molecule has 74 valence electrons. The van der Waals surface area contributed by atoms with Gasteiger partial charge in [0, 0.05) is 6.61 Å². The first kappa shape index (κ1) is 12.3. The first-order valence-corrected chi connectivity index (χ1v) is 5.86. The molecule has 0 aromatic heterocycles. The molecule has 3 heteroatoms. The average molecular weight is 191 g/mol. The minimum atomic E-state index is 0.204. The van der Waals surface area contributed by atoms with Crippen LogP contribution in [0.1, 0.15) is 33.6 Å². The van der Waals surface area contributed by atoms with E-state index in [0.29, 0.717) is 0 Å². The lowest BCUT2D eigenvalue weighted by molar-refractivity contribution is 0.0915. The molecule has 0 aliphatic rings. The van der Waals surface area contributed by atoms with Crippen molar-refractivity contribution < 1.29 is 4.74 Å². The molecule has 2 nitrogen and oxygen atoms in total. The van der Waals surface area contributed by atoms with E-state index in [1.165, 1.54) is 0 Å². The van der Waals surface area contributed by atoms with Crippen LogP contribution in [-0.2, 0) is 4.74 Å². The molecule has 12 heavy (non-hydrogen) atoms. The molecule has 0 heterocycles. The summed E-state index contributed by atoms with van der Waals surface area (Å²) in [4.78, 5) is 0. The second-order valence-electron chi connectivity index (χ2n) is 2.61. The number of hydrogen-bond acceptors (Lipinski definition) is 3. The minimum Gasteiger partial charge on any atom is -0.354 e. The van der Waals surface area contributed by atoms with Crippen LogP contribution in [0.3, 0.4) is 0 Å². The van der Waals surface area contributed by atoms with Gasteiger partial charge in [-0.1, -0.05) is 20.8 Å². The van der Waals surface area contributed by atoms with Crippen LogP contribution in [0.5, 0.6) is 0 Å². The third kappa shape index (κ3) is 6.95. The molecule has 1 atom stereocenters. The first-order valence-electron chi connectivity index (χ1n) is 4.81. The van der Waals surface area contributed by atoms with E-state index in [1.807, 2.05) is 11.8 Å². The highest BCUT2D eigenvalue weighted by Gasteiger charge is 2.04. The molecule has 0 amide bonds. The van der Waals surface area contributed by atoms with E-state index in [1.54, 1.807) is 0 Å². The lowest BCUT2D eigenvalue weighted by atomic mass is 10.5. The van der Waals surface area contributed by atoms with Crippen LogP contribution in [0.2, 0.25) is 0 Å². The molecule has 0 spiro atoms. The number of rotatable bonds is 8. The van der Waals surface area contributed by atoms with Gasteiger partial charge in [0.15, 0.2) is 5.56 Å². The van der Waals surface area contributed by atoms with Crippen LogP contribution in [0.25, 0.3) is 0 Å². The van der Waals surface area contributed by atoms with Gasteiger partial charge in [-0.3, -0.25) is 5.32 Å². The summed E-state index contributed by atoms with van der Waals surface area (Å²) in [5.74, 6) is 1.10. The van der Waals surface area contributed by atoms with Gasteiger partial charge in [-0.15, -0.1) is 11.8 Å². The molecule has 1 N–H and O–H groups in total. The van der Waals surface area contributed by atoms with Gasteiger partial charge in [0.1, 0.15) is 0 Å². The van der Waals surface area contributed by atoms with Gasteiger partial charge in [-0.25, -0.2) is 0 Å². The Bertz CT molecular complexity index is 82.6. The molecule has 0 radical (unpaired) electrons. The molecular weight excluding hydrogens is 170 g/mol. The van der Waals surface area contributed by atoms with Crippen molar-refractivity contribution in [2.75, 3.05) is 18.9 Å². The summed E-state index contributed by atoms with van der Waals surface area (Å²) in [7, 11) is 0. The molecule has 0 aromatic rings. The molecule has 0 aliphatic carbocycles. The highest BCUT2D eigenvalue weighted by Crippen LogP contribution is 2.08. The molecule has 0 bridgehead atoms. The Morgan fingerprint density at radius 3 is 2.50 bits per heavy atom. The molecule has 0 aromatic carbocycles. The van der Waals surface area contributed by atoms with Gasteiger partial charge in [0.2, 0.25) is 0 Å². The second kappa shape index (κ2) is 9.36. The fourth-order valence-electron chi connectivity index (χ4n) is 0.804. The normalized spacial score (nSPS) is 13.2. The van der Waals surface area contributed by atoms with Gasteiger partial charge < -0.3 is 4.74 Å². The van der Waals surface area contributed by atoms with Crippen molar-refractivity contribution >= 4 is 11.8 Å². The number of hydrogen-bond donors (Lipinski definition) is 1. The zero-order chi connectivity index (χ0) is 9.23. The Balaban J connectivity index is 3.40. The van der Waals surface area contributed by atoms with Gasteiger partial charge in [-0.05, 0) is 25.1 Å². The number of ether oxygens (including phenoxy) is 1. The summed E-state index contributed by atoms with van der Waals surface area (Å²) in [6.07, 6.45) is 2.25. The predicted octanol–water partition coefficient (Wildman–Crippen LogP) is 2.45. The summed E-state index contributed by atoms with van der Waals surface area (Å²) < 4.78 is 5.59. The maximum Gasteiger partial charge on any atom is 0.156 e. The van der Waals surface area contributed by atoms with E-state index in [9.17, 15) is 0 Å². The van der Waals surface area contributed by atoms with Crippen molar-refractivity contribution in [2.24, 2.45) is 0 Å². The summed E-state index contributed by atoms with van der Waals surface area (Å²) >= 11 is 1.82. The van der Waals surface area contributed by atoms with Crippen molar-refractivity contribution in [3.63, 3.8) is 0 Å². The SMILES string of the molecule is CCCNC(OCCC)SCC. The first-order chi connectivity index (χ1) is 5.85. The standard InChI is InChI=1S/C9H21NOS/c1-4-7-10-9(12-6-3)11-8-5-2/h9-10H,4-8H2,1-3H3. The highest BCUT2D eigenvalue weighted by atomic mass is 32.2. The van der Waals surface area contributed by atoms with E-state index in [4.69, 9.17) is 4.74 Å². The molecule has 0 saturated carbocycles. The van der Waals surface area contributed by atoms with Crippen LogP contribution in [0.15, 0.2) is 0 Å². The number of thioether (sulfide) groups is 1. The van der Waals surface area contributed by atoms with Gasteiger partial charge >= 0.3 is 0 Å².